The SMILES string of the molecule is CC(C)C(=O)c1cc(F)c(Br)cc1C(=O)O. The van der Waals surface area contributed by atoms with Crippen molar-refractivity contribution >= 4 is 27.7 Å². The molecule has 0 aliphatic carbocycles. The van der Waals surface area contributed by atoms with Crippen LogP contribution in [0.2, 0.25) is 0 Å². The van der Waals surface area contributed by atoms with Crippen LogP contribution >= 0.6 is 15.9 Å². The molecule has 3 nitrogen and oxygen atoms in total. The molecular formula is C11H10BrFO3. The van der Waals surface area contributed by atoms with Crippen molar-refractivity contribution in [1.82, 2.24) is 0 Å². The summed E-state index contributed by atoms with van der Waals surface area (Å²) in [4.78, 5) is 22.6. The van der Waals surface area contributed by atoms with Crippen molar-refractivity contribution in [3.8, 4) is 0 Å². The molecule has 0 fully saturated rings. The molecule has 0 amide bonds. The third-order valence-corrected chi connectivity index (χ3v) is 2.69. The van der Waals surface area contributed by atoms with Gasteiger partial charge >= 0.3 is 5.97 Å². The first kappa shape index (κ1) is 12.8. The molecule has 0 saturated heterocycles. The summed E-state index contributed by atoms with van der Waals surface area (Å²) in [6.45, 7) is 3.27. The van der Waals surface area contributed by atoms with Gasteiger partial charge in [-0.3, -0.25) is 4.79 Å². The van der Waals surface area contributed by atoms with Crippen LogP contribution in [0.3, 0.4) is 0 Å². The van der Waals surface area contributed by atoms with Gasteiger partial charge in [-0.25, -0.2) is 9.18 Å². The van der Waals surface area contributed by atoms with E-state index in [0.29, 0.717) is 0 Å². The first-order valence-electron chi connectivity index (χ1n) is 4.61. The van der Waals surface area contributed by atoms with Gasteiger partial charge in [0.2, 0.25) is 0 Å². The highest BCUT2D eigenvalue weighted by molar-refractivity contribution is 9.10. The Labute approximate surface area is 100 Å². The summed E-state index contributed by atoms with van der Waals surface area (Å²) in [5.41, 5.74) is -0.282. The van der Waals surface area contributed by atoms with Crippen LogP contribution < -0.4 is 0 Å². The summed E-state index contributed by atoms with van der Waals surface area (Å²) < 4.78 is 13.3. The molecule has 0 aromatic heterocycles. The number of halogens is 2. The van der Waals surface area contributed by atoms with Crippen molar-refractivity contribution in [1.29, 1.82) is 0 Å². The Kier molecular flexibility index (Phi) is 3.80. The van der Waals surface area contributed by atoms with Crippen LogP contribution in [-0.2, 0) is 0 Å². The van der Waals surface area contributed by atoms with Gasteiger partial charge in [0, 0.05) is 11.5 Å². The Morgan fingerprint density at radius 2 is 1.88 bits per heavy atom. The van der Waals surface area contributed by atoms with Gasteiger partial charge in [0.25, 0.3) is 0 Å². The van der Waals surface area contributed by atoms with E-state index in [0.717, 1.165) is 12.1 Å². The van der Waals surface area contributed by atoms with Crippen LogP contribution in [0.1, 0.15) is 34.6 Å². The standard InChI is InChI=1S/C11H10BrFO3/c1-5(2)10(14)6-4-9(13)8(12)3-7(6)11(15)16/h3-5H,1-2H3,(H,15,16). The zero-order chi connectivity index (χ0) is 12.5. The van der Waals surface area contributed by atoms with Crippen LogP contribution in [0.4, 0.5) is 4.39 Å². The van der Waals surface area contributed by atoms with Gasteiger partial charge in [0.1, 0.15) is 5.82 Å². The highest BCUT2D eigenvalue weighted by atomic mass is 79.9. The molecule has 0 saturated carbocycles. The molecule has 0 unspecified atom stereocenters. The molecule has 0 aliphatic rings. The normalized spacial score (nSPS) is 10.6. The van der Waals surface area contributed by atoms with E-state index in [1.54, 1.807) is 13.8 Å². The fourth-order valence-corrected chi connectivity index (χ4v) is 1.58. The van der Waals surface area contributed by atoms with Gasteiger partial charge in [-0.15, -0.1) is 0 Å². The summed E-state index contributed by atoms with van der Waals surface area (Å²) in [5, 5.41) is 8.92. The summed E-state index contributed by atoms with van der Waals surface area (Å²) in [6, 6.07) is 2.06. The second-order valence-electron chi connectivity index (χ2n) is 3.64. The van der Waals surface area contributed by atoms with Crippen LogP contribution in [-0.4, -0.2) is 16.9 Å². The third kappa shape index (κ3) is 2.47. The molecule has 0 spiro atoms. The van der Waals surface area contributed by atoms with Crippen LogP contribution in [0.25, 0.3) is 0 Å². The lowest BCUT2D eigenvalue weighted by atomic mass is 9.96. The van der Waals surface area contributed by atoms with E-state index < -0.39 is 11.8 Å². The molecule has 0 aliphatic heterocycles. The minimum Gasteiger partial charge on any atom is -0.478 e. The van der Waals surface area contributed by atoms with E-state index in [1.165, 1.54) is 0 Å². The predicted molar refractivity (Wildman–Crippen MR) is 60.2 cm³/mol. The predicted octanol–water partition coefficient (Wildman–Crippen LogP) is 3.13. The second kappa shape index (κ2) is 4.74. The topological polar surface area (TPSA) is 54.4 Å². The highest BCUT2D eigenvalue weighted by Gasteiger charge is 2.21. The molecule has 1 rings (SSSR count). The zero-order valence-corrected chi connectivity index (χ0v) is 10.3. The Morgan fingerprint density at radius 3 is 2.31 bits per heavy atom. The largest absolute Gasteiger partial charge is 0.478 e. The molecule has 0 radical (unpaired) electrons. The number of carboxylic acids is 1. The van der Waals surface area contributed by atoms with E-state index in [9.17, 15) is 14.0 Å². The van der Waals surface area contributed by atoms with E-state index in [2.05, 4.69) is 15.9 Å². The third-order valence-electron chi connectivity index (χ3n) is 2.08. The number of Topliss-reactive ketones (excluding diaryl/α,β-unsaturated/α-hetero) is 1. The Bertz CT molecular complexity index is 455. The molecule has 5 heteroatoms. The second-order valence-corrected chi connectivity index (χ2v) is 4.49. The first-order chi connectivity index (χ1) is 7.34. The Hall–Kier alpha value is -1.23. The number of aromatic carboxylic acids is 1. The number of hydrogen-bond donors (Lipinski definition) is 1. The Morgan fingerprint density at radius 1 is 1.31 bits per heavy atom. The van der Waals surface area contributed by atoms with Crippen molar-refractivity contribution in [3.63, 3.8) is 0 Å². The number of hydrogen-bond acceptors (Lipinski definition) is 2. The van der Waals surface area contributed by atoms with E-state index in [4.69, 9.17) is 5.11 Å². The number of benzene rings is 1. The van der Waals surface area contributed by atoms with Crippen LogP contribution in [0.15, 0.2) is 16.6 Å². The fraction of sp³-hybridized carbons (Fsp3) is 0.273. The molecular weight excluding hydrogens is 279 g/mol. The first-order valence-corrected chi connectivity index (χ1v) is 5.40. The Balaban J connectivity index is 3.42. The van der Waals surface area contributed by atoms with Gasteiger partial charge in [0.15, 0.2) is 5.78 Å². The van der Waals surface area contributed by atoms with Gasteiger partial charge in [-0.05, 0) is 28.1 Å². The van der Waals surface area contributed by atoms with Gasteiger partial charge < -0.3 is 5.11 Å². The van der Waals surface area contributed by atoms with Crippen molar-refractivity contribution in [2.75, 3.05) is 0 Å². The average Bonchev–Trinajstić information content (AvgIpc) is 2.19. The monoisotopic (exact) mass is 288 g/mol. The molecule has 0 atom stereocenters. The molecule has 0 heterocycles. The van der Waals surface area contributed by atoms with Gasteiger partial charge in [-0.1, -0.05) is 13.8 Å². The summed E-state index contributed by atoms with van der Waals surface area (Å²) in [6.07, 6.45) is 0. The molecule has 0 bridgehead atoms. The average molecular weight is 289 g/mol. The number of carbonyl (C=O) groups excluding carboxylic acids is 1. The lowest BCUT2D eigenvalue weighted by Crippen LogP contribution is -2.14. The smallest absolute Gasteiger partial charge is 0.336 e. The zero-order valence-electron chi connectivity index (χ0n) is 8.75. The number of ketones is 1. The number of rotatable bonds is 3. The highest BCUT2D eigenvalue weighted by Crippen LogP contribution is 2.23. The summed E-state index contributed by atoms with van der Waals surface area (Å²) in [5.74, 6) is -2.65. The maximum Gasteiger partial charge on any atom is 0.336 e. The summed E-state index contributed by atoms with van der Waals surface area (Å²) in [7, 11) is 0. The van der Waals surface area contributed by atoms with Crippen LogP contribution in [0, 0.1) is 11.7 Å². The summed E-state index contributed by atoms with van der Waals surface area (Å²) >= 11 is 2.89. The molecule has 1 aromatic carbocycles. The molecule has 86 valence electrons. The minimum absolute atomic E-state index is 0.0326. The van der Waals surface area contributed by atoms with Gasteiger partial charge in [0.05, 0.1) is 10.0 Å². The maximum atomic E-state index is 13.3. The van der Waals surface area contributed by atoms with Crippen molar-refractivity contribution in [2.45, 2.75) is 13.8 Å². The molecule has 1 N–H and O–H groups in total. The van der Waals surface area contributed by atoms with Crippen LogP contribution in [0.5, 0.6) is 0 Å². The number of carboxylic acid groups (broad SMARTS) is 1. The van der Waals surface area contributed by atoms with E-state index in [1.807, 2.05) is 0 Å². The van der Waals surface area contributed by atoms with Crippen molar-refractivity contribution in [3.05, 3.63) is 33.5 Å². The fourth-order valence-electron chi connectivity index (χ4n) is 1.24. The van der Waals surface area contributed by atoms with E-state index in [-0.39, 0.29) is 27.3 Å². The lowest BCUT2D eigenvalue weighted by molar-refractivity contribution is 0.0690. The lowest BCUT2D eigenvalue weighted by Gasteiger charge is -2.08. The minimum atomic E-state index is -1.25. The molecule has 16 heavy (non-hydrogen) atoms. The number of carbonyl (C=O) groups is 2. The van der Waals surface area contributed by atoms with Gasteiger partial charge in [-0.2, -0.15) is 0 Å². The van der Waals surface area contributed by atoms with Crippen molar-refractivity contribution < 1.29 is 19.1 Å². The van der Waals surface area contributed by atoms with E-state index >= 15 is 0 Å². The quantitative estimate of drug-likeness (QED) is 0.870. The maximum absolute atomic E-state index is 13.3. The molecule has 1 aromatic rings. The van der Waals surface area contributed by atoms with Crippen molar-refractivity contribution in [2.24, 2.45) is 5.92 Å².